The fraction of sp³-hybridized carbons (Fsp3) is 0.312. The van der Waals surface area contributed by atoms with Gasteiger partial charge in [-0.05, 0) is 37.1 Å². The fourth-order valence-electron chi connectivity index (χ4n) is 1.73. The molecular weight excluding hydrogens is 301 g/mol. The van der Waals surface area contributed by atoms with Gasteiger partial charge in [0.15, 0.2) is 0 Å². The van der Waals surface area contributed by atoms with E-state index in [0.717, 1.165) is 12.8 Å². The molecule has 0 aromatic heterocycles. The molecule has 0 aliphatic heterocycles. The first-order valence-corrected chi connectivity index (χ1v) is 7.15. The molecule has 0 radical (unpaired) electrons. The number of carbonyl (C=O) groups excluding carboxylic acids is 1. The Hall–Kier alpha value is -2.88. The molecule has 0 unspecified atom stereocenters. The number of rotatable bonds is 9. The van der Waals surface area contributed by atoms with E-state index in [9.17, 15) is 14.0 Å². The molecule has 0 atom stereocenters. The number of carbonyl (C=O) groups is 2. The van der Waals surface area contributed by atoms with E-state index in [1.54, 1.807) is 6.07 Å². The monoisotopic (exact) mass is 319 g/mol. The molecule has 0 fully saturated rings. The molecule has 1 aromatic rings. The highest BCUT2D eigenvalue weighted by Crippen LogP contribution is 2.09. The molecule has 0 aliphatic rings. The van der Waals surface area contributed by atoms with Crippen molar-refractivity contribution >= 4 is 17.6 Å². The summed E-state index contributed by atoms with van der Waals surface area (Å²) in [4.78, 5) is 22.2. The van der Waals surface area contributed by atoms with E-state index in [4.69, 9.17) is 10.4 Å². The largest absolute Gasteiger partial charge is 0.481 e. The van der Waals surface area contributed by atoms with Crippen LogP contribution in [0.25, 0.3) is 0 Å². The molecule has 1 amide bonds. The van der Waals surface area contributed by atoms with Crippen LogP contribution in [0.1, 0.15) is 25.7 Å². The van der Waals surface area contributed by atoms with Gasteiger partial charge >= 0.3 is 5.97 Å². The second-order valence-corrected chi connectivity index (χ2v) is 4.79. The lowest BCUT2D eigenvalue weighted by Gasteiger charge is -2.05. The SMILES string of the molecule is N#C/C(=C/NCCCCCC(=O)O)C(=O)Nc1ccc(F)cc1. The Bertz CT molecular complexity index is 606. The van der Waals surface area contributed by atoms with Gasteiger partial charge in [0.05, 0.1) is 0 Å². The van der Waals surface area contributed by atoms with Crippen molar-refractivity contribution in [2.45, 2.75) is 25.7 Å². The summed E-state index contributed by atoms with van der Waals surface area (Å²) in [6.45, 7) is 0.536. The smallest absolute Gasteiger partial charge is 0.303 e. The summed E-state index contributed by atoms with van der Waals surface area (Å²) in [6.07, 6.45) is 3.53. The molecule has 7 heteroatoms. The van der Waals surface area contributed by atoms with Crippen LogP contribution in [-0.2, 0) is 9.59 Å². The number of carboxylic acids is 1. The number of anilines is 1. The number of amides is 1. The average Bonchev–Trinajstić information content (AvgIpc) is 2.52. The molecule has 23 heavy (non-hydrogen) atoms. The van der Waals surface area contributed by atoms with Crippen LogP contribution in [0.5, 0.6) is 0 Å². The van der Waals surface area contributed by atoms with Crippen LogP contribution in [0.3, 0.4) is 0 Å². The molecule has 6 nitrogen and oxygen atoms in total. The number of benzene rings is 1. The fourth-order valence-corrected chi connectivity index (χ4v) is 1.73. The number of hydrogen-bond donors (Lipinski definition) is 3. The van der Waals surface area contributed by atoms with Gasteiger partial charge in [-0.1, -0.05) is 6.42 Å². The predicted octanol–water partition coefficient (Wildman–Crippen LogP) is 2.41. The van der Waals surface area contributed by atoms with Gasteiger partial charge in [0, 0.05) is 24.9 Å². The van der Waals surface area contributed by atoms with Gasteiger partial charge in [-0.2, -0.15) is 5.26 Å². The summed E-state index contributed by atoms with van der Waals surface area (Å²) in [6, 6.07) is 7.01. The Balaban J connectivity index is 2.36. The second kappa shape index (κ2) is 9.95. The molecule has 0 saturated carbocycles. The van der Waals surface area contributed by atoms with E-state index in [0.29, 0.717) is 18.7 Å². The molecule has 0 bridgehead atoms. The molecule has 0 aliphatic carbocycles. The molecule has 0 saturated heterocycles. The minimum absolute atomic E-state index is 0.0974. The average molecular weight is 319 g/mol. The Kier molecular flexibility index (Phi) is 7.86. The maximum Gasteiger partial charge on any atom is 0.303 e. The van der Waals surface area contributed by atoms with Crippen LogP contribution >= 0.6 is 0 Å². The zero-order valence-electron chi connectivity index (χ0n) is 12.5. The van der Waals surface area contributed by atoms with Gasteiger partial charge in [-0.3, -0.25) is 9.59 Å². The highest BCUT2D eigenvalue weighted by atomic mass is 19.1. The molecule has 0 spiro atoms. The predicted molar refractivity (Wildman–Crippen MR) is 82.8 cm³/mol. The van der Waals surface area contributed by atoms with Crippen molar-refractivity contribution in [3.05, 3.63) is 41.9 Å². The normalized spacial score (nSPS) is 10.7. The van der Waals surface area contributed by atoms with Gasteiger partial charge < -0.3 is 15.7 Å². The number of nitriles is 1. The molecular formula is C16H18FN3O3. The van der Waals surface area contributed by atoms with Gasteiger partial charge in [0.1, 0.15) is 17.5 Å². The van der Waals surface area contributed by atoms with Crippen LogP contribution < -0.4 is 10.6 Å². The maximum absolute atomic E-state index is 12.8. The summed E-state index contributed by atoms with van der Waals surface area (Å²) >= 11 is 0. The van der Waals surface area contributed by atoms with E-state index in [-0.39, 0.29) is 12.0 Å². The number of hydrogen-bond acceptors (Lipinski definition) is 4. The molecule has 122 valence electrons. The second-order valence-electron chi connectivity index (χ2n) is 4.79. The number of unbranched alkanes of at least 4 members (excludes halogenated alkanes) is 2. The van der Waals surface area contributed by atoms with Crippen molar-refractivity contribution in [2.24, 2.45) is 0 Å². The van der Waals surface area contributed by atoms with Crippen molar-refractivity contribution in [3.8, 4) is 6.07 Å². The summed E-state index contributed by atoms with van der Waals surface area (Å²) in [5, 5.41) is 22.8. The number of carboxylic acid groups (broad SMARTS) is 1. The highest BCUT2D eigenvalue weighted by Gasteiger charge is 2.09. The molecule has 3 N–H and O–H groups in total. The van der Waals surface area contributed by atoms with Crippen molar-refractivity contribution in [2.75, 3.05) is 11.9 Å². The van der Waals surface area contributed by atoms with E-state index < -0.39 is 17.7 Å². The first-order valence-electron chi connectivity index (χ1n) is 7.15. The summed E-state index contributed by atoms with van der Waals surface area (Å²) in [5.41, 5.74) is 0.297. The molecule has 1 rings (SSSR count). The topological polar surface area (TPSA) is 102 Å². The van der Waals surface area contributed by atoms with Crippen molar-refractivity contribution in [1.29, 1.82) is 5.26 Å². The Morgan fingerprint density at radius 2 is 1.91 bits per heavy atom. The quantitative estimate of drug-likeness (QED) is 0.368. The zero-order valence-corrected chi connectivity index (χ0v) is 12.5. The Labute approximate surface area is 133 Å². The van der Waals surface area contributed by atoms with E-state index >= 15 is 0 Å². The number of nitrogens with zero attached hydrogens (tertiary/aromatic N) is 1. The van der Waals surface area contributed by atoms with E-state index in [1.807, 2.05) is 0 Å². The molecule has 1 aromatic carbocycles. The first kappa shape index (κ1) is 18.2. The van der Waals surface area contributed by atoms with Crippen molar-refractivity contribution in [3.63, 3.8) is 0 Å². The zero-order chi connectivity index (χ0) is 17.1. The maximum atomic E-state index is 12.8. The summed E-state index contributed by atoms with van der Waals surface area (Å²) < 4.78 is 12.8. The van der Waals surface area contributed by atoms with Crippen LogP contribution in [0.4, 0.5) is 10.1 Å². The van der Waals surface area contributed by atoms with Gasteiger partial charge in [-0.25, -0.2) is 4.39 Å². The van der Waals surface area contributed by atoms with Crippen molar-refractivity contribution in [1.82, 2.24) is 5.32 Å². The first-order chi connectivity index (χ1) is 11.0. The van der Waals surface area contributed by atoms with Gasteiger partial charge in [0.25, 0.3) is 5.91 Å². The van der Waals surface area contributed by atoms with Crippen LogP contribution in [0.2, 0.25) is 0 Å². The van der Waals surface area contributed by atoms with Gasteiger partial charge in [0.2, 0.25) is 0 Å². The Morgan fingerprint density at radius 3 is 2.52 bits per heavy atom. The third-order valence-corrected chi connectivity index (χ3v) is 2.93. The number of halogens is 1. The third-order valence-electron chi connectivity index (χ3n) is 2.93. The van der Waals surface area contributed by atoms with Crippen LogP contribution in [0.15, 0.2) is 36.0 Å². The summed E-state index contributed by atoms with van der Waals surface area (Å²) in [7, 11) is 0. The lowest BCUT2D eigenvalue weighted by molar-refractivity contribution is -0.137. The lowest BCUT2D eigenvalue weighted by Crippen LogP contribution is -2.17. The minimum Gasteiger partial charge on any atom is -0.481 e. The third kappa shape index (κ3) is 7.62. The molecule has 0 heterocycles. The van der Waals surface area contributed by atoms with Gasteiger partial charge in [-0.15, -0.1) is 0 Å². The standard InChI is InChI=1S/C16H18FN3O3/c17-13-5-7-14(8-6-13)20-16(23)12(10-18)11-19-9-3-1-2-4-15(21)22/h5-8,11,19H,1-4,9H2,(H,20,23)(H,21,22)/b12-11-. The number of nitrogens with one attached hydrogen (secondary N) is 2. The van der Waals surface area contributed by atoms with Crippen LogP contribution in [0, 0.1) is 17.1 Å². The lowest BCUT2D eigenvalue weighted by atomic mass is 10.2. The minimum atomic E-state index is -0.818. The van der Waals surface area contributed by atoms with Crippen LogP contribution in [-0.4, -0.2) is 23.5 Å². The van der Waals surface area contributed by atoms with Crippen molar-refractivity contribution < 1.29 is 19.1 Å². The van der Waals surface area contributed by atoms with E-state index in [1.165, 1.54) is 30.5 Å². The Morgan fingerprint density at radius 1 is 1.22 bits per heavy atom. The number of aliphatic carboxylic acids is 1. The highest BCUT2D eigenvalue weighted by molar-refractivity contribution is 6.06. The van der Waals surface area contributed by atoms with E-state index in [2.05, 4.69) is 10.6 Å². The summed E-state index contributed by atoms with van der Waals surface area (Å²) in [5.74, 6) is -1.82.